The Labute approximate surface area is 147 Å². The number of ether oxygens (including phenoxy) is 2. The van der Waals surface area contributed by atoms with Crippen molar-refractivity contribution in [2.45, 2.75) is 50.9 Å². The molecule has 0 aliphatic carbocycles. The second-order valence-corrected chi connectivity index (χ2v) is 6.82. The van der Waals surface area contributed by atoms with Crippen LogP contribution in [0.1, 0.15) is 38.0 Å². The molecular weight excluding hydrogens is 322 g/mol. The predicted octanol–water partition coefficient (Wildman–Crippen LogP) is 2.88. The molecule has 2 aromatic rings. The van der Waals surface area contributed by atoms with Crippen molar-refractivity contribution in [3.8, 4) is 11.4 Å². The lowest BCUT2D eigenvalue weighted by Crippen LogP contribution is -2.38. The highest BCUT2D eigenvalue weighted by Gasteiger charge is 2.23. The molecule has 2 fully saturated rings. The molecule has 0 N–H and O–H groups in total. The van der Waals surface area contributed by atoms with Gasteiger partial charge in [0.05, 0.1) is 37.2 Å². The van der Waals surface area contributed by atoms with Gasteiger partial charge in [-0.2, -0.15) is 4.98 Å². The molecule has 0 bridgehead atoms. The summed E-state index contributed by atoms with van der Waals surface area (Å²) in [6, 6.07) is 1.83. The maximum Gasteiger partial charge on any atom is 0.241 e. The van der Waals surface area contributed by atoms with Crippen molar-refractivity contribution in [1.82, 2.24) is 15.0 Å². The van der Waals surface area contributed by atoms with Crippen LogP contribution in [0.3, 0.4) is 0 Å². The number of hydrogen-bond acceptors (Lipinski definition) is 7. The van der Waals surface area contributed by atoms with Gasteiger partial charge in [-0.3, -0.25) is 4.90 Å². The summed E-state index contributed by atoms with van der Waals surface area (Å²) in [4.78, 5) is 6.77. The van der Waals surface area contributed by atoms with Gasteiger partial charge >= 0.3 is 0 Å². The summed E-state index contributed by atoms with van der Waals surface area (Å²) in [6.07, 6.45) is 9.52. The van der Waals surface area contributed by atoms with Gasteiger partial charge in [-0.05, 0) is 38.2 Å². The van der Waals surface area contributed by atoms with Gasteiger partial charge in [0.2, 0.25) is 11.7 Å². The van der Waals surface area contributed by atoms with Crippen LogP contribution in [-0.2, 0) is 16.0 Å². The molecule has 2 aliphatic heterocycles. The lowest BCUT2D eigenvalue weighted by molar-refractivity contribution is -0.0756. The molecule has 7 heteroatoms. The SMILES string of the molecule is c1cc(-c2noc(CN3CCC(OCC4CCCCO4)CC3)n2)co1. The molecule has 136 valence electrons. The molecule has 25 heavy (non-hydrogen) atoms. The maximum absolute atomic E-state index is 6.06. The van der Waals surface area contributed by atoms with Crippen molar-refractivity contribution in [2.24, 2.45) is 0 Å². The molecule has 1 atom stereocenters. The molecule has 2 saturated heterocycles. The van der Waals surface area contributed by atoms with Gasteiger partial charge in [0.25, 0.3) is 0 Å². The van der Waals surface area contributed by atoms with Crippen molar-refractivity contribution >= 4 is 0 Å². The summed E-state index contributed by atoms with van der Waals surface area (Å²) in [5.41, 5.74) is 0.840. The molecule has 4 heterocycles. The Balaban J connectivity index is 1.20. The Morgan fingerprint density at radius 1 is 1.20 bits per heavy atom. The zero-order valence-electron chi connectivity index (χ0n) is 14.4. The summed E-state index contributed by atoms with van der Waals surface area (Å²) in [5, 5.41) is 4.01. The summed E-state index contributed by atoms with van der Waals surface area (Å²) < 4.78 is 22.2. The van der Waals surface area contributed by atoms with E-state index in [1.165, 1.54) is 12.8 Å². The minimum absolute atomic E-state index is 0.298. The first-order chi connectivity index (χ1) is 12.4. The van der Waals surface area contributed by atoms with Gasteiger partial charge in [0.1, 0.15) is 6.26 Å². The second kappa shape index (κ2) is 8.12. The minimum Gasteiger partial charge on any atom is -0.472 e. The van der Waals surface area contributed by atoms with Gasteiger partial charge < -0.3 is 18.4 Å². The number of rotatable bonds is 6. The molecule has 2 aliphatic rings. The Hall–Kier alpha value is -1.70. The van der Waals surface area contributed by atoms with E-state index in [1.54, 1.807) is 12.5 Å². The Morgan fingerprint density at radius 2 is 2.12 bits per heavy atom. The van der Waals surface area contributed by atoms with Crippen molar-refractivity contribution in [1.29, 1.82) is 0 Å². The number of piperidine rings is 1. The molecule has 4 rings (SSSR count). The van der Waals surface area contributed by atoms with Crippen LogP contribution in [0.25, 0.3) is 11.4 Å². The fourth-order valence-corrected chi connectivity index (χ4v) is 3.44. The van der Waals surface area contributed by atoms with E-state index in [0.717, 1.165) is 51.1 Å². The zero-order chi connectivity index (χ0) is 16.9. The fraction of sp³-hybridized carbons (Fsp3) is 0.667. The average molecular weight is 347 g/mol. The maximum atomic E-state index is 6.06. The number of nitrogens with zero attached hydrogens (tertiary/aromatic N) is 3. The first-order valence-corrected chi connectivity index (χ1v) is 9.17. The van der Waals surface area contributed by atoms with E-state index in [2.05, 4.69) is 15.0 Å². The van der Waals surface area contributed by atoms with E-state index in [-0.39, 0.29) is 0 Å². The Bertz CT molecular complexity index is 629. The molecule has 0 radical (unpaired) electrons. The molecule has 1 unspecified atom stereocenters. The van der Waals surface area contributed by atoms with Crippen LogP contribution in [0.2, 0.25) is 0 Å². The number of furan rings is 1. The second-order valence-electron chi connectivity index (χ2n) is 6.82. The van der Waals surface area contributed by atoms with E-state index in [4.69, 9.17) is 18.4 Å². The first kappa shape index (κ1) is 16.8. The van der Waals surface area contributed by atoms with Crippen LogP contribution < -0.4 is 0 Å². The van der Waals surface area contributed by atoms with Crippen LogP contribution in [0.5, 0.6) is 0 Å². The highest BCUT2D eigenvalue weighted by atomic mass is 16.5. The van der Waals surface area contributed by atoms with Gasteiger partial charge in [-0.1, -0.05) is 5.16 Å². The molecule has 0 spiro atoms. The van der Waals surface area contributed by atoms with E-state index in [1.807, 2.05) is 6.07 Å². The van der Waals surface area contributed by atoms with E-state index in [9.17, 15) is 0 Å². The predicted molar refractivity (Wildman–Crippen MR) is 89.8 cm³/mol. The largest absolute Gasteiger partial charge is 0.472 e. The lowest BCUT2D eigenvalue weighted by atomic mass is 10.1. The van der Waals surface area contributed by atoms with Crippen LogP contribution in [0.15, 0.2) is 27.5 Å². The van der Waals surface area contributed by atoms with Crippen molar-refractivity contribution in [2.75, 3.05) is 26.3 Å². The quantitative estimate of drug-likeness (QED) is 0.795. The summed E-state index contributed by atoms with van der Waals surface area (Å²) in [5.74, 6) is 1.22. The molecule has 7 nitrogen and oxygen atoms in total. The summed E-state index contributed by atoms with van der Waals surface area (Å²) in [6.45, 7) is 4.28. The zero-order valence-corrected chi connectivity index (χ0v) is 14.4. The number of hydrogen-bond donors (Lipinski definition) is 0. The topological polar surface area (TPSA) is 73.8 Å². The highest BCUT2D eigenvalue weighted by molar-refractivity contribution is 5.51. The molecule has 0 saturated carbocycles. The van der Waals surface area contributed by atoms with Crippen LogP contribution in [0, 0.1) is 0 Å². The van der Waals surface area contributed by atoms with Crippen molar-refractivity contribution in [3.05, 3.63) is 24.5 Å². The van der Waals surface area contributed by atoms with Gasteiger partial charge in [-0.25, -0.2) is 0 Å². The Morgan fingerprint density at radius 3 is 2.88 bits per heavy atom. The molecule has 0 aromatic carbocycles. The van der Waals surface area contributed by atoms with Gasteiger partial charge in [-0.15, -0.1) is 0 Å². The third-order valence-electron chi connectivity index (χ3n) is 4.93. The fourth-order valence-electron chi connectivity index (χ4n) is 3.44. The summed E-state index contributed by atoms with van der Waals surface area (Å²) in [7, 11) is 0. The monoisotopic (exact) mass is 347 g/mol. The van der Waals surface area contributed by atoms with Crippen molar-refractivity contribution < 1.29 is 18.4 Å². The lowest BCUT2D eigenvalue weighted by Gasteiger charge is -2.32. The van der Waals surface area contributed by atoms with E-state index < -0.39 is 0 Å². The number of aromatic nitrogens is 2. The van der Waals surface area contributed by atoms with Crippen molar-refractivity contribution in [3.63, 3.8) is 0 Å². The van der Waals surface area contributed by atoms with Crippen LogP contribution >= 0.6 is 0 Å². The Kier molecular flexibility index (Phi) is 5.44. The van der Waals surface area contributed by atoms with E-state index >= 15 is 0 Å². The standard InChI is InChI=1S/C18H25N3O4/c1-2-9-23-16(3-1)13-24-15-4-7-21(8-5-15)11-17-19-18(20-25-17)14-6-10-22-12-14/h6,10,12,15-16H,1-5,7-9,11,13H2. The van der Waals surface area contributed by atoms with Crippen LogP contribution in [0.4, 0.5) is 0 Å². The third-order valence-corrected chi connectivity index (χ3v) is 4.93. The normalized spacial score (nSPS) is 23.1. The van der Waals surface area contributed by atoms with E-state index in [0.29, 0.717) is 30.5 Å². The first-order valence-electron chi connectivity index (χ1n) is 9.17. The average Bonchev–Trinajstić information content (AvgIpc) is 3.34. The van der Waals surface area contributed by atoms with Gasteiger partial charge in [0.15, 0.2) is 0 Å². The summed E-state index contributed by atoms with van der Waals surface area (Å²) >= 11 is 0. The minimum atomic E-state index is 0.298. The molecular formula is C18H25N3O4. The van der Waals surface area contributed by atoms with Gasteiger partial charge in [0, 0.05) is 19.7 Å². The third kappa shape index (κ3) is 4.48. The van der Waals surface area contributed by atoms with Crippen LogP contribution in [-0.4, -0.2) is 53.6 Å². The molecule has 0 amide bonds. The highest BCUT2D eigenvalue weighted by Crippen LogP contribution is 2.20. The smallest absolute Gasteiger partial charge is 0.241 e. The molecule has 2 aromatic heterocycles. The number of likely N-dealkylation sites (tertiary alicyclic amines) is 1.